The van der Waals surface area contributed by atoms with Crippen LogP contribution in [0.3, 0.4) is 0 Å². The Morgan fingerprint density at radius 1 is 0.960 bits per heavy atom. The quantitative estimate of drug-likeness (QED) is 0.816. The molecule has 2 aromatic rings. The van der Waals surface area contributed by atoms with Crippen molar-refractivity contribution < 1.29 is 14.3 Å². The number of rotatable bonds is 5. The molecule has 0 saturated carbocycles. The minimum atomic E-state index is 0.126. The van der Waals surface area contributed by atoms with Crippen LogP contribution in [-0.2, 0) is 6.61 Å². The van der Waals surface area contributed by atoms with Crippen molar-refractivity contribution in [1.29, 1.82) is 0 Å². The van der Waals surface area contributed by atoms with E-state index in [9.17, 15) is 4.79 Å². The molecule has 132 valence electrons. The fourth-order valence-corrected chi connectivity index (χ4v) is 3.15. The lowest BCUT2D eigenvalue weighted by molar-refractivity contribution is 0.0761. The molecule has 0 spiro atoms. The van der Waals surface area contributed by atoms with Crippen molar-refractivity contribution in [3.63, 3.8) is 0 Å². The highest BCUT2D eigenvalue weighted by molar-refractivity contribution is 5.94. The number of hydrogen-bond acceptors (Lipinski definition) is 3. The summed E-state index contributed by atoms with van der Waals surface area (Å²) in [6.07, 6.45) is 4.64. The third-order valence-electron chi connectivity index (χ3n) is 4.53. The zero-order valence-corrected chi connectivity index (χ0v) is 14.7. The molecule has 0 N–H and O–H groups in total. The van der Waals surface area contributed by atoms with Gasteiger partial charge in [0.15, 0.2) is 11.5 Å². The molecule has 3 rings (SSSR count). The number of ether oxygens (including phenoxy) is 2. The lowest BCUT2D eigenvalue weighted by Gasteiger charge is -2.20. The van der Waals surface area contributed by atoms with Crippen LogP contribution in [0.25, 0.3) is 0 Å². The first-order valence-electron chi connectivity index (χ1n) is 8.92. The molecule has 0 bridgehead atoms. The SMILES string of the molecule is COc1ccccc1OCc1cccc(C(=O)N2CCCCCC2)c1. The summed E-state index contributed by atoms with van der Waals surface area (Å²) in [7, 11) is 1.63. The summed E-state index contributed by atoms with van der Waals surface area (Å²) < 4.78 is 11.2. The molecule has 0 unspecified atom stereocenters. The Labute approximate surface area is 149 Å². The minimum Gasteiger partial charge on any atom is -0.493 e. The van der Waals surface area contributed by atoms with Gasteiger partial charge in [-0.3, -0.25) is 4.79 Å². The largest absolute Gasteiger partial charge is 0.493 e. The van der Waals surface area contributed by atoms with E-state index in [1.165, 1.54) is 12.8 Å². The summed E-state index contributed by atoms with van der Waals surface area (Å²) in [5.41, 5.74) is 1.72. The van der Waals surface area contributed by atoms with Crippen LogP contribution < -0.4 is 9.47 Å². The molecule has 2 aromatic carbocycles. The minimum absolute atomic E-state index is 0.126. The van der Waals surface area contributed by atoms with Gasteiger partial charge in [-0.25, -0.2) is 0 Å². The molecule has 0 aliphatic carbocycles. The van der Waals surface area contributed by atoms with E-state index in [2.05, 4.69) is 0 Å². The third kappa shape index (κ3) is 4.53. The second kappa shape index (κ2) is 8.56. The summed E-state index contributed by atoms with van der Waals surface area (Å²) >= 11 is 0. The summed E-state index contributed by atoms with van der Waals surface area (Å²) in [6.45, 7) is 2.13. The fourth-order valence-electron chi connectivity index (χ4n) is 3.15. The average molecular weight is 339 g/mol. The molecule has 0 aromatic heterocycles. The number of para-hydroxylation sites is 2. The summed E-state index contributed by atoms with van der Waals surface area (Å²) in [6, 6.07) is 15.3. The maximum atomic E-state index is 12.7. The first kappa shape index (κ1) is 17.3. The lowest BCUT2D eigenvalue weighted by atomic mass is 10.1. The highest BCUT2D eigenvalue weighted by atomic mass is 16.5. The number of hydrogen-bond donors (Lipinski definition) is 0. The van der Waals surface area contributed by atoms with Crippen molar-refractivity contribution in [2.24, 2.45) is 0 Å². The number of carbonyl (C=O) groups excluding carboxylic acids is 1. The van der Waals surface area contributed by atoms with Gasteiger partial charge in [0.05, 0.1) is 7.11 Å². The van der Waals surface area contributed by atoms with E-state index in [4.69, 9.17) is 9.47 Å². The van der Waals surface area contributed by atoms with Crippen molar-refractivity contribution in [2.75, 3.05) is 20.2 Å². The maximum Gasteiger partial charge on any atom is 0.253 e. The van der Waals surface area contributed by atoms with Gasteiger partial charge in [0, 0.05) is 18.7 Å². The van der Waals surface area contributed by atoms with Crippen LogP contribution in [-0.4, -0.2) is 31.0 Å². The number of carbonyl (C=O) groups is 1. The van der Waals surface area contributed by atoms with E-state index in [1.54, 1.807) is 7.11 Å². The Morgan fingerprint density at radius 2 is 1.68 bits per heavy atom. The molecule has 0 atom stereocenters. The molecular weight excluding hydrogens is 314 g/mol. The first-order chi connectivity index (χ1) is 12.3. The van der Waals surface area contributed by atoms with Crippen LogP contribution in [0, 0.1) is 0 Å². The van der Waals surface area contributed by atoms with Gasteiger partial charge in [-0.1, -0.05) is 37.1 Å². The number of methoxy groups -OCH3 is 1. The third-order valence-corrected chi connectivity index (χ3v) is 4.53. The van der Waals surface area contributed by atoms with E-state index < -0.39 is 0 Å². The Hall–Kier alpha value is -2.49. The van der Waals surface area contributed by atoms with Crippen LogP contribution in [0.4, 0.5) is 0 Å². The molecule has 1 aliphatic rings. The van der Waals surface area contributed by atoms with E-state index in [-0.39, 0.29) is 5.91 Å². The standard InChI is InChI=1S/C21H25NO3/c1-24-19-11-4-5-12-20(19)25-16-17-9-8-10-18(15-17)21(23)22-13-6-2-3-7-14-22/h4-5,8-12,15H,2-3,6-7,13-14,16H2,1H3. The van der Waals surface area contributed by atoms with Gasteiger partial charge >= 0.3 is 0 Å². The van der Waals surface area contributed by atoms with Crippen molar-refractivity contribution in [2.45, 2.75) is 32.3 Å². The Morgan fingerprint density at radius 3 is 2.40 bits per heavy atom. The molecule has 1 aliphatic heterocycles. The second-order valence-corrected chi connectivity index (χ2v) is 6.35. The zero-order chi connectivity index (χ0) is 17.5. The predicted octanol–water partition coefficient (Wildman–Crippen LogP) is 4.29. The first-order valence-corrected chi connectivity index (χ1v) is 8.92. The molecule has 1 heterocycles. The van der Waals surface area contributed by atoms with Crippen LogP contribution >= 0.6 is 0 Å². The average Bonchev–Trinajstić information content (AvgIpc) is 2.95. The Bertz CT molecular complexity index is 706. The van der Waals surface area contributed by atoms with Crippen LogP contribution in [0.5, 0.6) is 11.5 Å². The van der Waals surface area contributed by atoms with Gasteiger partial charge in [0.25, 0.3) is 5.91 Å². The van der Waals surface area contributed by atoms with E-state index in [0.29, 0.717) is 18.1 Å². The molecule has 1 amide bonds. The van der Waals surface area contributed by atoms with Gasteiger partial charge in [-0.2, -0.15) is 0 Å². The number of nitrogens with zero attached hydrogens (tertiary/aromatic N) is 1. The number of likely N-dealkylation sites (tertiary alicyclic amines) is 1. The van der Waals surface area contributed by atoms with E-state index in [0.717, 1.165) is 37.1 Å². The van der Waals surface area contributed by atoms with Gasteiger partial charge in [0.1, 0.15) is 6.61 Å². The van der Waals surface area contributed by atoms with Crippen molar-refractivity contribution in [3.05, 3.63) is 59.7 Å². The Balaban J connectivity index is 1.67. The monoisotopic (exact) mass is 339 g/mol. The van der Waals surface area contributed by atoms with Gasteiger partial charge < -0.3 is 14.4 Å². The smallest absolute Gasteiger partial charge is 0.253 e. The molecule has 4 nitrogen and oxygen atoms in total. The summed E-state index contributed by atoms with van der Waals surface area (Å²) in [5.74, 6) is 1.54. The molecule has 0 radical (unpaired) electrons. The van der Waals surface area contributed by atoms with Gasteiger partial charge in [-0.15, -0.1) is 0 Å². The van der Waals surface area contributed by atoms with E-state index >= 15 is 0 Å². The lowest BCUT2D eigenvalue weighted by Crippen LogP contribution is -2.31. The van der Waals surface area contributed by atoms with Gasteiger partial charge in [-0.05, 0) is 42.7 Å². The number of amides is 1. The van der Waals surface area contributed by atoms with Crippen molar-refractivity contribution in [1.82, 2.24) is 4.90 Å². The molecule has 1 fully saturated rings. The normalized spacial score (nSPS) is 14.7. The van der Waals surface area contributed by atoms with Crippen LogP contribution in [0.15, 0.2) is 48.5 Å². The molecular formula is C21H25NO3. The predicted molar refractivity (Wildman–Crippen MR) is 98.1 cm³/mol. The van der Waals surface area contributed by atoms with Gasteiger partial charge in [0.2, 0.25) is 0 Å². The van der Waals surface area contributed by atoms with E-state index in [1.807, 2.05) is 53.4 Å². The summed E-state index contributed by atoms with van der Waals surface area (Å²) in [4.78, 5) is 14.7. The second-order valence-electron chi connectivity index (χ2n) is 6.35. The highest BCUT2D eigenvalue weighted by Crippen LogP contribution is 2.26. The summed E-state index contributed by atoms with van der Waals surface area (Å²) in [5, 5.41) is 0. The van der Waals surface area contributed by atoms with Crippen molar-refractivity contribution >= 4 is 5.91 Å². The van der Waals surface area contributed by atoms with Crippen LogP contribution in [0.1, 0.15) is 41.6 Å². The number of benzene rings is 2. The Kier molecular flexibility index (Phi) is 5.94. The zero-order valence-electron chi connectivity index (χ0n) is 14.7. The molecule has 25 heavy (non-hydrogen) atoms. The van der Waals surface area contributed by atoms with Crippen LogP contribution in [0.2, 0.25) is 0 Å². The maximum absolute atomic E-state index is 12.7. The fraction of sp³-hybridized carbons (Fsp3) is 0.381. The molecule has 4 heteroatoms. The highest BCUT2D eigenvalue weighted by Gasteiger charge is 2.17. The topological polar surface area (TPSA) is 38.8 Å². The molecule has 1 saturated heterocycles. The van der Waals surface area contributed by atoms with Crippen molar-refractivity contribution in [3.8, 4) is 11.5 Å².